The van der Waals surface area contributed by atoms with Gasteiger partial charge in [-0.05, 0) is 24.6 Å². The molecule has 0 saturated carbocycles. The molecule has 1 radical (unpaired) electrons. The van der Waals surface area contributed by atoms with Crippen molar-refractivity contribution in [2.24, 2.45) is 5.16 Å². The van der Waals surface area contributed by atoms with Gasteiger partial charge in [0.05, 0.1) is 0 Å². The van der Waals surface area contributed by atoms with Crippen molar-refractivity contribution in [3.63, 3.8) is 0 Å². The van der Waals surface area contributed by atoms with Crippen LogP contribution >= 0.6 is 0 Å². The molecule has 0 saturated heterocycles. The second-order valence-electron chi connectivity index (χ2n) is 4.36. The Morgan fingerprint density at radius 2 is 2.26 bits per heavy atom. The predicted molar refractivity (Wildman–Crippen MR) is 70.4 cm³/mol. The molecule has 4 nitrogen and oxygen atoms in total. The first-order valence-electron chi connectivity index (χ1n) is 6.00. The highest BCUT2D eigenvalue weighted by Gasteiger charge is 2.18. The van der Waals surface area contributed by atoms with Gasteiger partial charge in [0.25, 0.3) is 6.39 Å². The summed E-state index contributed by atoms with van der Waals surface area (Å²) in [5, 5.41) is 4.16. The van der Waals surface area contributed by atoms with E-state index in [4.69, 9.17) is 9.25 Å². The van der Waals surface area contributed by atoms with E-state index >= 15 is 0 Å². The Hall–Kier alpha value is -2.62. The van der Waals surface area contributed by atoms with Gasteiger partial charge in [0, 0.05) is 11.1 Å². The van der Waals surface area contributed by atoms with Crippen LogP contribution in [0.4, 0.5) is 0 Å². The van der Waals surface area contributed by atoms with Crippen LogP contribution < -0.4 is 0 Å². The van der Waals surface area contributed by atoms with Gasteiger partial charge in [-0.2, -0.15) is 0 Å². The van der Waals surface area contributed by atoms with E-state index in [0.717, 1.165) is 34.5 Å². The Morgan fingerprint density at radius 3 is 3.26 bits per heavy atom. The molecule has 1 aliphatic heterocycles. The van der Waals surface area contributed by atoms with Gasteiger partial charge >= 0.3 is 0 Å². The quantitative estimate of drug-likeness (QED) is 0.780. The van der Waals surface area contributed by atoms with Crippen LogP contribution in [0.25, 0.3) is 11.1 Å². The highest BCUT2D eigenvalue weighted by Crippen LogP contribution is 2.27. The highest BCUT2D eigenvalue weighted by atomic mass is 16.6. The van der Waals surface area contributed by atoms with Crippen LogP contribution in [0, 0.1) is 6.39 Å². The first kappa shape index (κ1) is 10.3. The fourth-order valence-electron chi connectivity index (χ4n) is 2.24. The minimum absolute atomic E-state index is 0.698. The molecule has 2 heterocycles. The standard InChI is InChI=1S/C15H9N2O2/c1-2-6-13-10(4-1)8-12(17-19-13)11-5-3-7-14-15(11)16-9-18-14/h1-3,5-8H,4H2. The first-order chi connectivity index (χ1) is 9.42. The smallest absolute Gasteiger partial charge is 0.284 e. The lowest BCUT2D eigenvalue weighted by Gasteiger charge is -2.16. The average molecular weight is 249 g/mol. The number of aromatic nitrogens is 1. The Kier molecular flexibility index (Phi) is 2.14. The van der Waals surface area contributed by atoms with Gasteiger partial charge in [0.1, 0.15) is 11.2 Å². The third-order valence-electron chi connectivity index (χ3n) is 3.18. The summed E-state index contributed by atoms with van der Waals surface area (Å²) in [7, 11) is 0. The number of oxime groups is 1. The molecular formula is C15H9N2O2. The molecule has 2 aliphatic rings. The molecular weight excluding hydrogens is 240 g/mol. The van der Waals surface area contributed by atoms with E-state index in [2.05, 4.69) is 22.6 Å². The predicted octanol–water partition coefficient (Wildman–Crippen LogP) is 3.13. The Labute approximate surface area is 109 Å². The second kappa shape index (κ2) is 3.95. The zero-order valence-electron chi connectivity index (χ0n) is 9.96. The molecule has 0 atom stereocenters. The molecule has 0 amide bonds. The van der Waals surface area contributed by atoms with Gasteiger partial charge in [0.2, 0.25) is 0 Å². The zero-order valence-corrected chi connectivity index (χ0v) is 9.96. The van der Waals surface area contributed by atoms with E-state index in [1.54, 1.807) is 0 Å². The monoisotopic (exact) mass is 249 g/mol. The van der Waals surface area contributed by atoms with Gasteiger partial charge in [-0.25, -0.2) is 4.98 Å². The van der Waals surface area contributed by atoms with Crippen molar-refractivity contribution in [3.05, 3.63) is 65.8 Å². The van der Waals surface area contributed by atoms with Crippen molar-refractivity contribution in [1.82, 2.24) is 4.98 Å². The number of oxazole rings is 1. The molecule has 19 heavy (non-hydrogen) atoms. The van der Waals surface area contributed by atoms with Gasteiger partial charge < -0.3 is 9.25 Å². The number of allylic oxidation sites excluding steroid dienone is 5. The Balaban J connectivity index is 1.84. The van der Waals surface area contributed by atoms with Crippen molar-refractivity contribution < 1.29 is 9.25 Å². The van der Waals surface area contributed by atoms with Crippen molar-refractivity contribution in [2.45, 2.75) is 6.42 Å². The summed E-state index contributed by atoms with van der Waals surface area (Å²) in [6, 6.07) is 5.71. The van der Waals surface area contributed by atoms with Gasteiger partial charge in [-0.3, -0.25) is 0 Å². The van der Waals surface area contributed by atoms with Crippen molar-refractivity contribution in [2.75, 3.05) is 0 Å². The molecule has 4 heteroatoms. The molecule has 0 N–H and O–H groups in total. The molecule has 1 aromatic heterocycles. The number of benzene rings is 1. The lowest BCUT2D eigenvalue weighted by Crippen LogP contribution is -2.09. The number of hydrogen-bond donors (Lipinski definition) is 0. The minimum atomic E-state index is 0.698. The molecule has 0 bridgehead atoms. The molecule has 1 aliphatic carbocycles. The van der Waals surface area contributed by atoms with E-state index in [9.17, 15) is 0 Å². The summed E-state index contributed by atoms with van der Waals surface area (Å²) in [6.07, 6.45) is 11.4. The van der Waals surface area contributed by atoms with Crippen LogP contribution in [0.5, 0.6) is 0 Å². The maximum Gasteiger partial charge on any atom is 0.284 e. The second-order valence-corrected chi connectivity index (χ2v) is 4.36. The van der Waals surface area contributed by atoms with Crippen molar-refractivity contribution in [3.8, 4) is 0 Å². The van der Waals surface area contributed by atoms with E-state index in [1.807, 2.05) is 36.4 Å². The van der Waals surface area contributed by atoms with Crippen LogP contribution in [0.2, 0.25) is 0 Å². The SMILES string of the molecule is [c]1nc2c(C3=NOC4=CC=CCC4=C3)cccc2o1. The average Bonchev–Trinajstić information content (AvgIpc) is 2.95. The van der Waals surface area contributed by atoms with E-state index in [-0.39, 0.29) is 0 Å². The topological polar surface area (TPSA) is 47.6 Å². The number of nitrogens with zero attached hydrogens (tertiary/aromatic N) is 2. The molecule has 0 fully saturated rings. The van der Waals surface area contributed by atoms with Crippen molar-refractivity contribution in [1.29, 1.82) is 0 Å². The molecule has 0 unspecified atom stereocenters. The Bertz CT molecular complexity index is 778. The lowest BCUT2D eigenvalue weighted by molar-refractivity contribution is 0.231. The molecule has 4 rings (SSSR count). The van der Waals surface area contributed by atoms with E-state index in [0.29, 0.717) is 5.58 Å². The fraction of sp³-hybridized carbons (Fsp3) is 0.0667. The lowest BCUT2D eigenvalue weighted by atomic mass is 10.00. The van der Waals surface area contributed by atoms with Gasteiger partial charge in [0.15, 0.2) is 11.3 Å². The van der Waals surface area contributed by atoms with E-state index < -0.39 is 0 Å². The molecule has 2 aromatic rings. The third-order valence-corrected chi connectivity index (χ3v) is 3.18. The van der Waals surface area contributed by atoms with Crippen molar-refractivity contribution >= 4 is 16.8 Å². The first-order valence-corrected chi connectivity index (χ1v) is 6.00. The summed E-state index contributed by atoms with van der Waals surface area (Å²) in [5.74, 6) is 0.810. The summed E-state index contributed by atoms with van der Waals surface area (Å²) < 4.78 is 5.18. The highest BCUT2D eigenvalue weighted by molar-refractivity contribution is 6.15. The maximum absolute atomic E-state index is 5.44. The van der Waals surface area contributed by atoms with Gasteiger partial charge in [-0.15, -0.1) is 0 Å². The van der Waals surface area contributed by atoms with Gasteiger partial charge in [-0.1, -0.05) is 29.4 Å². The van der Waals surface area contributed by atoms with Crippen LogP contribution in [-0.4, -0.2) is 10.7 Å². The van der Waals surface area contributed by atoms with Crippen LogP contribution in [0.3, 0.4) is 0 Å². The van der Waals surface area contributed by atoms with Crippen LogP contribution in [0.15, 0.2) is 63.4 Å². The summed E-state index contributed by atoms with van der Waals surface area (Å²) in [6.45, 7) is 0. The van der Waals surface area contributed by atoms with Crippen LogP contribution in [-0.2, 0) is 4.84 Å². The van der Waals surface area contributed by atoms with E-state index in [1.165, 1.54) is 0 Å². The molecule has 91 valence electrons. The number of rotatable bonds is 1. The van der Waals surface area contributed by atoms with Crippen LogP contribution in [0.1, 0.15) is 12.0 Å². The molecule has 1 aromatic carbocycles. The Morgan fingerprint density at radius 1 is 1.26 bits per heavy atom. The molecule has 0 spiro atoms. The number of fused-ring (bicyclic) bond motifs is 2. The third kappa shape index (κ3) is 1.61. The largest absolute Gasteiger partial charge is 0.432 e. The summed E-state index contributed by atoms with van der Waals surface area (Å²) in [5.41, 5.74) is 4.22. The summed E-state index contributed by atoms with van der Waals surface area (Å²) in [4.78, 5) is 9.55. The minimum Gasteiger partial charge on any atom is -0.432 e. The zero-order chi connectivity index (χ0) is 12.7. The number of para-hydroxylation sites is 1. The maximum atomic E-state index is 5.44. The number of hydrogen-bond acceptors (Lipinski definition) is 4. The normalized spacial score (nSPS) is 17.4. The fourth-order valence-corrected chi connectivity index (χ4v) is 2.24. The summed E-state index contributed by atoms with van der Waals surface area (Å²) >= 11 is 0.